The molecule has 0 spiro atoms. The fourth-order valence-electron chi connectivity index (χ4n) is 3.00. The van der Waals surface area contributed by atoms with Crippen molar-refractivity contribution in [1.82, 2.24) is 4.90 Å². The summed E-state index contributed by atoms with van der Waals surface area (Å²) in [6.07, 6.45) is 1.96. The number of nitrogens with zero attached hydrogens (tertiary/aromatic N) is 1. The molecule has 0 saturated carbocycles. The van der Waals surface area contributed by atoms with E-state index >= 15 is 0 Å². The number of benzene rings is 1. The van der Waals surface area contributed by atoms with Crippen LogP contribution in [0.15, 0.2) is 28.7 Å². The predicted molar refractivity (Wildman–Crippen MR) is 90.7 cm³/mol. The molecule has 1 amide bonds. The van der Waals surface area contributed by atoms with Crippen LogP contribution in [-0.4, -0.2) is 29.9 Å². The summed E-state index contributed by atoms with van der Waals surface area (Å²) in [4.78, 5) is 14.5. The zero-order valence-electron chi connectivity index (χ0n) is 12.4. The van der Waals surface area contributed by atoms with Crippen LogP contribution < -0.4 is 5.73 Å². The lowest BCUT2D eigenvalue weighted by atomic mass is 9.92. The minimum atomic E-state index is -0.0790. The Bertz CT molecular complexity index is 671. The molecule has 6 heteroatoms. The molecule has 1 aromatic heterocycles. The van der Waals surface area contributed by atoms with E-state index in [1.165, 1.54) is 0 Å². The second kappa shape index (κ2) is 6.90. The summed E-state index contributed by atoms with van der Waals surface area (Å²) in [5.74, 6) is 0.891. The van der Waals surface area contributed by atoms with Crippen molar-refractivity contribution in [3.8, 4) is 0 Å². The molecule has 2 atom stereocenters. The Morgan fingerprint density at radius 3 is 2.95 bits per heavy atom. The van der Waals surface area contributed by atoms with Gasteiger partial charge in [0, 0.05) is 29.5 Å². The van der Waals surface area contributed by atoms with Crippen LogP contribution in [0.1, 0.15) is 30.3 Å². The number of fused-ring (bicyclic) bond motifs is 1. The number of rotatable bonds is 2. The number of hydrogen-bond acceptors (Lipinski definition) is 3. The van der Waals surface area contributed by atoms with E-state index in [0.717, 1.165) is 24.8 Å². The Hall–Kier alpha value is -1.23. The molecule has 3 rings (SSSR count). The molecule has 2 N–H and O–H groups in total. The lowest BCUT2D eigenvalue weighted by Gasteiger charge is -2.37. The number of carbonyl (C=O) groups is 1. The van der Waals surface area contributed by atoms with Crippen molar-refractivity contribution in [2.75, 3.05) is 13.1 Å². The molecule has 1 saturated heterocycles. The summed E-state index contributed by atoms with van der Waals surface area (Å²) in [6.45, 7) is 3.43. The highest BCUT2D eigenvalue weighted by Crippen LogP contribution is 2.27. The highest BCUT2D eigenvalue weighted by molar-refractivity contribution is 6.31. The van der Waals surface area contributed by atoms with Crippen LogP contribution >= 0.6 is 24.0 Å². The molecule has 22 heavy (non-hydrogen) atoms. The average molecular weight is 343 g/mol. The lowest BCUT2D eigenvalue weighted by molar-refractivity contribution is 0.0544. The van der Waals surface area contributed by atoms with Gasteiger partial charge in [-0.15, -0.1) is 12.4 Å². The van der Waals surface area contributed by atoms with Gasteiger partial charge in [0.15, 0.2) is 5.76 Å². The number of halogens is 2. The van der Waals surface area contributed by atoms with Crippen LogP contribution in [0.25, 0.3) is 11.0 Å². The predicted octanol–water partition coefficient (Wildman–Crippen LogP) is 3.71. The van der Waals surface area contributed by atoms with Gasteiger partial charge >= 0.3 is 0 Å². The molecule has 1 aliphatic heterocycles. The number of hydrogen-bond donors (Lipinski definition) is 1. The third kappa shape index (κ3) is 3.24. The van der Waals surface area contributed by atoms with E-state index in [1.54, 1.807) is 24.3 Å². The van der Waals surface area contributed by atoms with Crippen LogP contribution in [0.4, 0.5) is 0 Å². The van der Waals surface area contributed by atoms with E-state index in [9.17, 15) is 4.79 Å². The van der Waals surface area contributed by atoms with Crippen LogP contribution in [0.3, 0.4) is 0 Å². The highest BCUT2D eigenvalue weighted by Gasteiger charge is 2.31. The van der Waals surface area contributed by atoms with Gasteiger partial charge in [0.2, 0.25) is 0 Å². The lowest BCUT2D eigenvalue weighted by Crippen LogP contribution is -2.49. The number of amides is 1. The van der Waals surface area contributed by atoms with Gasteiger partial charge in [0.25, 0.3) is 5.91 Å². The van der Waals surface area contributed by atoms with Crippen molar-refractivity contribution in [3.63, 3.8) is 0 Å². The molecule has 4 nitrogen and oxygen atoms in total. The standard InChI is InChI=1S/C16H19ClN2O2.ClH/c1-10-4-5-19(13(6-10)9-18)16(20)15-8-11-7-12(17)2-3-14(11)21-15;/h2-3,7-8,10,13H,4-6,9,18H2,1H3;1H. The topological polar surface area (TPSA) is 59.5 Å². The van der Waals surface area contributed by atoms with Crippen molar-refractivity contribution in [2.24, 2.45) is 11.7 Å². The van der Waals surface area contributed by atoms with Crippen molar-refractivity contribution < 1.29 is 9.21 Å². The fraction of sp³-hybridized carbons (Fsp3) is 0.438. The van der Waals surface area contributed by atoms with Crippen LogP contribution in [0, 0.1) is 5.92 Å². The molecule has 1 aliphatic rings. The molecular formula is C16H20Cl2N2O2. The summed E-state index contributed by atoms with van der Waals surface area (Å²) in [5, 5.41) is 1.48. The Morgan fingerprint density at radius 2 is 2.23 bits per heavy atom. The normalized spacial score (nSPS) is 21.7. The van der Waals surface area contributed by atoms with E-state index in [0.29, 0.717) is 28.8 Å². The number of furan rings is 1. The quantitative estimate of drug-likeness (QED) is 0.904. The third-order valence-electron chi connectivity index (χ3n) is 4.20. The third-order valence-corrected chi connectivity index (χ3v) is 4.44. The number of piperidine rings is 1. The zero-order chi connectivity index (χ0) is 15.0. The fourth-order valence-corrected chi connectivity index (χ4v) is 3.18. The van der Waals surface area contributed by atoms with Crippen LogP contribution in [0.2, 0.25) is 5.02 Å². The Morgan fingerprint density at radius 1 is 1.45 bits per heavy atom. The maximum Gasteiger partial charge on any atom is 0.289 e. The van der Waals surface area contributed by atoms with Gasteiger partial charge < -0.3 is 15.1 Å². The van der Waals surface area contributed by atoms with E-state index < -0.39 is 0 Å². The van der Waals surface area contributed by atoms with Gasteiger partial charge in [-0.2, -0.15) is 0 Å². The summed E-state index contributed by atoms with van der Waals surface area (Å²) in [5.41, 5.74) is 6.50. The van der Waals surface area contributed by atoms with Crippen molar-refractivity contribution in [3.05, 3.63) is 35.0 Å². The molecule has 1 fully saturated rings. The average Bonchev–Trinajstić information content (AvgIpc) is 2.89. The SMILES string of the molecule is CC1CCN(C(=O)c2cc3cc(Cl)ccc3o2)C(CN)C1.Cl. The van der Waals surface area contributed by atoms with E-state index in [4.69, 9.17) is 21.8 Å². The Kier molecular flexibility index (Phi) is 5.37. The summed E-state index contributed by atoms with van der Waals surface area (Å²) in [7, 11) is 0. The first-order valence-electron chi connectivity index (χ1n) is 7.28. The summed E-state index contributed by atoms with van der Waals surface area (Å²) >= 11 is 5.96. The molecule has 2 heterocycles. The monoisotopic (exact) mass is 342 g/mol. The van der Waals surface area contributed by atoms with Crippen molar-refractivity contribution >= 4 is 40.9 Å². The zero-order valence-corrected chi connectivity index (χ0v) is 14.0. The first-order valence-corrected chi connectivity index (χ1v) is 7.66. The molecular weight excluding hydrogens is 323 g/mol. The summed E-state index contributed by atoms with van der Waals surface area (Å²) in [6, 6.07) is 7.20. The van der Waals surface area contributed by atoms with Crippen LogP contribution in [-0.2, 0) is 0 Å². The van der Waals surface area contributed by atoms with Crippen LogP contribution in [0.5, 0.6) is 0 Å². The molecule has 0 bridgehead atoms. The molecule has 2 aromatic rings. The van der Waals surface area contributed by atoms with Gasteiger partial charge in [-0.1, -0.05) is 18.5 Å². The van der Waals surface area contributed by atoms with E-state index in [1.807, 2.05) is 4.90 Å². The Labute approximate surface area is 141 Å². The Balaban J connectivity index is 0.00000176. The molecule has 1 aromatic carbocycles. The molecule has 120 valence electrons. The van der Waals surface area contributed by atoms with E-state index in [2.05, 4.69) is 6.92 Å². The second-order valence-corrected chi connectivity index (χ2v) is 6.25. The maximum absolute atomic E-state index is 12.7. The smallest absolute Gasteiger partial charge is 0.289 e. The largest absolute Gasteiger partial charge is 0.451 e. The number of nitrogens with two attached hydrogens (primary N) is 1. The maximum atomic E-state index is 12.7. The number of likely N-dealkylation sites (tertiary alicyclic amines) is 1. The van der Waals surface area contributed by atoms with E-state index in [-0.39, 0.29) is 24.4 Å². The molecule has 0 aliphatic carbocycles. The minimum absolute atomic E-state index is 0. The summed E-state index contributed by atoms with van der Waals surface area (Å²) < 4.78 is 5.67. The first-order chi connectivity index (χ1) is 10.1. The van der Waals surface area contributed by atoms with Crippen molar-refractivity contribution in [2.45, 2.75) is 25.8 Å². The van der Waals surface area contributed by atoms with Gasteiger partial charge in [0.1, 0.15) is 5.58 Å². The van der Waals surface area contributed by atoms with Gasteiger partial charge in [-0.3, -0.25) is 4.79 Å². The second-order valence-electron chi connectivity index (χ2n) is 5.81. The number of carbonyl (C=O) groups excluding carboxylic acids is 1. The molecule has 2 unspecified atom stereocenters. The van der Waals surface area contributed by atoms with Gasteiger partial charge in [-0.25, -0.2) is 0 Å². The van der Waals surface area contributed by atoms with Gasteiger partial charge in [0.05, 0.1) is 0 Å². The molecule has 0 radical (unpaired) electrons. The first kappa shape index (κ1) is 17.1. The van der Waals surface area contributed by atoms with Gasteiger partial charge in [-0.05, 0) is 43.0 Å². The minimum Gasteiger partial charge on any atom is -0.451 e. The van der Waals surface area contributed by atoms with Crippen molar-refractivity contribution in [1.29, 1.82) is 0 Å². The highest BCUT2D eigenvalue weighted by atomic mass is 35.5.